The lowest BCUT2D eigenvalue weighted by Crippen LogP contribution is -2.00. The van der Waals surface area contributed by atoms with Gasteiger partial charge in [0, 0.05) is 26.7 Å². The smallest absolute Gasteiger partial charge is 0.0973 e. The molecule has 154 valence electrons. The Kier molecular flexibility index (Phi) is 5.66. The summed E-state index contributed by atoms with van der Waals surface area (Å²) in [7, 11) is 0. The Bertz CT molecular complexity index is 1240. The molecule has 0 aliphatic heterocycles. The van der Waals surface area contributed by atoms with Gasteiger partial charge in [0.2, 0.25) is 0 Å². The first-order valence-corrected chi connectivity index (χ1v) is 11.3. The van der Waals surface area contributed by atoms with Crippen LogP contribution in [0.2, 0.25) is 0 Å². The number of halogens is 1. The minimum Gasteiger partial charge on any atom is -0.243 e. The Morgan fingerprint density at radius 2 is 0.781 bits per heavy atom. The van der Waals surface area contributed by atoms with Gasteiger partial charge in [0.1, 0.15) is 0 Å². The molecule has 0 fully saturated rings. The number of nitrogens with zero attached hydrogens (tertiary/aromatic N) is 2. The molecular weight excluding hydrogens is 456 g/mol. The predicted octanol–water partition coefficient (Wildman–Crippen LogP) is 8.22. The van der Waals surface area contributed by atoms with Crippen LogP contribution in [0.4, 0.5) is 0 Å². The average Bonchev–Trinajstić information content (AvgIpc) is 2.85. The van der Waals surface area contributed by atoms with Crippen LogP contribution in [0.1, 0.15) is 5.56 Å². The molecule has 3 heteroatoms. The number of aryl methyl sites for hydroxylation is 1. The molecule has 5 aromatic rings. The van der Waals surface area contributed by atoms with Gasteiger partial charge in [-0.15, -0.1) is 0 Å². The molecule has 0 aliphatic carbocycles. The summed E-state index contributed by atoms with van der Waals surface area (Å²) in [5, 5.41) is 0. The Balaban J connectivity index is 1.83. The van der Waals surface area contributed by atoms with Crippen molar-refractivity contribution in [2.75, 3.05) is 0 Å². The predicted molar refractivity (Wildman–Crippen MR) is 136 cm³/mol. The summed E-state index contributed by atoms with van der Waals surface area (Å²) in [6.07, 6.45) is 0. The van der Waals surface area contributed by atoms with Gasteiger partial charge in [-0.3, -0.25) is 0 Å². The van der Waals surface area contributed by atoms with Gasteiger partial charge in [0.15, 0.2) is 0 Å². The van der Waals surface area contributed by atoms with Gasteiger partial charge in [0.05, 0.1) is 22.8 Å². The molecule has 4 aromatic carbocycles. The largest absolute Gasteiger partial charge is 0.243 e. The van der Waals surface area contributed by atoms with Gasteiger partial charge in [-0.05, 0) is 19.1 Å². The van der Waals surface area contributed by atoms with Crippen LogP contribution in [0.25, 0.3) is 45.0 Å². The van der Waals surface area contributed by atoms with E-state index in [1.54, 1.807) is 0 Å². The molecule has 5 rings (SSSR count). The fourth-order valence-electron chi connectivity index (χ4n) is 3.75. The summed E-state index contributed by atoms with van der Waals surface area (Å²) in [6, 6.07) is 37.3. The van der Waals surface area contributed by atoms with E-state index >= 15 is 0 Å². The molecule has 0 saturated heterocycles. The lowest BCUT2D eigenvalue weighted by molar-refractivity contribution is 1.21. The first-order chi connectivity index (χ1) is 15.7. The first kappa shape index (κ1) is 20.3. The van der Waals surface area contributed by atoms with Crippen LogP contribution < -0.4 is 0 Å². The fraction of sp³-hybridized carbons (Fsp3) is 0.0345. The summed E-state index contributed by atoms with van der Waals surface area (Å²) in [4.78, 5) is 10.5. The minimum absolute atomic E-state index is 0.875. The highest BCUT2D eigenvalue weighted by Crippen LogP contribution is 2.37. The van der Waals surface area contributed by atoms with E-state index in [0.29, 0.717) is 0 Å². The Morgan fingerprint density at radius 3 is 1.19 bits per heavy atom. The highest BCUT2D eigenvalue weighted by molar-refractivity contribution is 9.10. The molecular formula is C29H21BrN2. The second-order valence-corrected chi connectivity index (χ2v) is 8.64. The number of benzene rings is 4. The van der Waals surface area contributed by atoms with Crippen LogP contribution in [0.15, 0.2) is 114 Å². The SMILES string of the molecule is Cc1ccc(-c2nc(-c3ccccc3)c(-c3ccccc3)nc2-c2ccc(Br)cc2)cc1. The zero-order valence-corrected chi connectivity index (χ0v) is 19.3. The van der Waals surface area contributed by atoms with Gasteiger partial charge >= 0.3 is 0 Å². The summed E-state index contributed by atoms with van der Waals surface area (Å²) in [5.41, 5.74) is 8.92. The first-order valence-electron chi connectivity index (χ1n) is 10.5. The highest BCUT2D eigenvalue weighted by atomic mass is 79.9. The molecule has 1 heterocycles. The molecule has 0 radical (unpaired) electrons. The van der Waals surface area contributed by atoms with E-state index in [4.69, 9.17) is 9.97 Å². The van der Waals surface area contributed by atoms with Crippen molar-refractivity contribution in [1.82, 2.24) is 9.97 Å². The van der Waals surface area contributed by atoms with Gasteiger partial charge < -0.3 is 0 Å². The van der Waals surface area contributed by atoms with Gasteiger partial charge in [-0.1, -0.05) is 119 Å². The molecule has 0 N–H and O–H groups in total. The molecule has 0 aliphatic rings. The summed E-state index contributed by atoms with van der Waals surface area (Å²) < 4.78 is 1.04. The van der Waals surface area contributed by atoms with Gasteiger partial charge in [-0.2, -0.15) is 0 Å². The van der Waals surface area contributed by atoms with E-state index < -0.39 is 0 Å². The number of hydrogen-bond acceptors (Lipinski definition) is 2. The van der Waals surface area contributed by atoms with E-state index in [1.165, 1.54) is 5.56 Å². The number of aromatic nitrogens is 2. The molecule has 0 saturated carbocycles. The van der Waals surface area contributed by atoms with Crippen LogP contribution in [-0.2, 0) is 0 Å². The van der Waals surface area contributed by atoms with E-state index in [2.05, 4.69) is 83.5 Å². The maximum absolute atomic E-state index is 5.24. The van der Waals surface area contributed by atoms with Crippen molar-refractivity contribution in [2.24, 2.45) is 0 Å². The second-order valence-electron chi connectivity index (χ2n) is 7.72. The number of rotatable bonds is 4. The zero-order valence-electron chi connectivity index (χ0n) is 17.7. The highest BCUT2D eigenvalue weighted by Gasteiger charge is 2.19. The lowest BCUT2D eigenvalue weighted by atomic mass is 9.99. The van der Waals surface area contributed by atoms with Crippen LogP contribution in [0.5, 0.6) is 0 Å². The summed E-state index contributed by atoms with van der Waals surface area (Å²) in [6.45, 7) is 2.10. The average molecular weight is 477 g/mol. The van der Waals surface area contributed by atoms with Crippen molar-refractivity contribution < 1.29 is 0 Å². The molecule has 0 spiro atoms. The quantitative estimate of drug-likeness (QED) is 0.261. The van der Waals surface area contributed by atoms with Crippen molar-refractivity contribution in [3.05, 3.63) is 119 Å². The zero-order chi connectivity index (χ0) is 21.9. The van der Waals surface area contributed by atoms with Crippen molar-refractivity contribution >= 4 is 15.9 Å². The molecule has 0 unspecified atom stereocenters. The molecule has 2 nitrogen and oxygen atoms in total. The van der Waals surface area contributed by atoms with E-state index in [9.17, 15) is 0 Å². The third-order valence-corrected chi connectivity index (χ3v) is 5.96. The van der Waals surface area contributed by atoms with Crippen LogP contribution >= 0.6 is 15.9 Å². The maximum Gasteiger partial charge on any atom is 0.0973 e. The molecule has 1 aromatic heterocycles. The van der Waals surface area contributed by atoms with E-state index in [1.807, 2.05) is 48.5 Å². The standard InChI is InChI=1S/C29H21BrN2/c1-20-12-14-23(15-13-20)28-29(24-16-18-25(30)19-17-24)32-27(22-10-6-3-7-11-22)26(31-28)21-8-4-2-5-9-21/h2-19H,1H3. The lowest BCUT2D eigenvalue weighted by Gasteiger charge is -2.16. The van der Waals surface area contributed by atoms with E-state index in [-0.39, 0.29) is 0 Å². The van der Waals surface area contributed by atoms with Gasteiger partial charge in [0.25, 0.3) is 0 Å². The number of hydrogen-bond donors (Lipinski definition) is 0. The summed E-state index contributed by atoms with van der Waals surface area (Å²) in [5.74, 6) is 0. The molecule has 0 bridgehead atoms. The monoisotopic (exact) mass is 476 g/mol. The maximum atomic E-state index is 5.24. The van der Waals surface area contributed by atoms with Crippen LogP contribution in [0, 0.1) is 6.92 Å². The third-order valence-electron chi connectivity index (χ3n) is 5.43. The second kappa shape index (κ2) is 8.89. The van der Waals surface area contributed by atoms with Crippen LogP contribution in [0.3, 0.4) is 0 Å². The Morgan fingerprint density at radius 1 is 0.438 bits per heavy atom. The van der Waals surface area contributed by atoms with Crippen molar-refractivity contribution in [2.45, 2.75) is 6.92 Å². The normalized spacial score (nSPS) is 10.8. The molecule has 32 heavy (non-hydrogen) atoms. The summed E-state index contributed by atoms with van der Waals surface area (Å²) >= 11 is 3.55. The van der Waals surface area contributed by atoms with Crippen LogP contribution in [-0.4, -0.2) is 9.97 Å². The molecule has 0 amide bonds. The van der Waals surface area contributed by atoms with E-state index in [0.717, 1.165) is 49.5 Å². The van der Waals surface area contributed by atoms with Gasteiger partial charge in [-0.25, -0.2) is 9.97 Å². The third kappa shape index (κ3) is 4.12. The Hall–Kier alpha value is -3.56. The Labute approximate surface area is 196 Å². The van der Waals surface area contributed by atoms with Crippen molar-refractivity contribution in [3.63, 3.8) is 0 Å². The van der Waals surface area contributed by atoms with Crippen molar-refractivity contribution in [1.29, 1.82) is 0 Å². The molecule has 0 atom stereocenters. The fourth-order valence-corrected chi connectivity index (χ4v) is 4.02. The van der Waals surface area contributed by atoms with Crippen molar-refractivity contribution in [3.8, 4) is 45.0 Å². The minimum atomic E-state index is 0.875. The topological polar surface area (TPSA) is 25.8 Å².